The van der Waals surface area contributed by atoms with Crippen molar-refractivity contribution < 1.29 is 14.0 Å². The second kappa shape index (κ2) is 7.61. The van der Waals surface area contributed by atoms with Crippen molar-refractivity contribution in [3.05, 3.63) is 57.7 Å². The molecule has 0 saturated carbocycles. The molecule has 0 aliphatic heterocycles. The van der Waals surface area contributed by atoms with E-state index >= 15 is 0 Å². The lowest BCUT2D eigenvalue weighted by atomic mass is 10.2. The third-order valence-corrected chi connectivity index (χ3v) is 5.23. The van der Waals surface area contributed by atoms with E-state index in [1.54, 1.807) is 23.6 Å². The molecular weight excluding hydrogens is 444 g/mol. The van der Waals surface area contributed by atoms with Crippen molar-refractivity contribution in [2.45, 2.75) is 13.5 Å². The van der Waals surface area contributed by atoms with Gasteiger partial charge in [0.05, 0.1) is 6.54 Å². The van der Waals surface area contributed by atoms with Gasteiger partial charge in [-0.2, -0.15) is 0 Å². The number of amides is 2. The van der Waals surface area contributed by atoms with Gasteiger partial charge in [-0.1, -0.05) is 15.9 Å². The molecule has 7 nitrogen and oxygen atoms in total. The van der Waals surface area contributed by atoms with Crippen LogP contribution in [0, 0.1) is 0 Å². The zero-order chi connectivity index (χ0) is 19.7. The quantitative estimate of drug-likeness (QED) is 0.408. The first kappa shape index (κ1) is 18.5. The summed E-state index contributed by atoms with van der Waals surface area (Å²) in [6.07, 6.45) is 0. The molecule has 2 amide bonds. The zero-order valence-electron chi connectivity index (χ0n) is 14.7. The molecule has 0 saturated heterocycles. The van der Waals surface area contributed by atoms with Crippen LogP contribution >= 0.6 is 27.3 Å². The molecule has 3 N–H and O–H groups in total. The molecule has 0 fully saturated rings. The summed E-state index contributed by atoms with van der Waals surface area (Å²) in [5, 5.41) is 8.70. The number of thiazole rings is 1. The Hall–Kier alpha value is -2.91. The van der Waals surface area contributed by atoms with Gasteiger partial charge in [0.1, 0.15) is 17.1 Å². The normalized spacial score (nSPS) is 10.9. The van der Waals surface area contributed by atoms with Crippen LogP contribution in [0.3, 0.4) is 0 Å². The predicted molar refractivity (Wildman–Crippen MR) is 111 cm³/mol. The standard InChI is InChI=1S/C19H15BrN4O3S/c1-10(25)21-8-13-3-5-17(27-13)16-9-28-19(23-16)24-18(26)15-7-11-6-12(20)2-4-14(11)22-15/h2-7,9,22H,8H2,1H3,(H,21,25)(H,23,24,26). The van der Waals surface area contributed by atoms with Crippen LogP contribution in [0.15, 0.2) is 50.7 Å². The van der Waals surface area contributed by atoms with E-state index in [1.165, 1.54) is 18.3 Å². The maximum atomic E-state index is 12.5. The minimum Gasteiger partial charge on any atom is -0.458 e. The molecule has 0 spiro atoms. The number of aromatic nitrogens is 2. The first-order chi connectivity index (χ1) is 13.5. The van der Waals surface area contributed by atoms with Gasteiger partial charge in [-0.25, -0.2) is 4.98 Å². The summed E-state index contributed by atoms with van der Waals surface area (Å²) in [5.41, 5.74) is 1.96. The van der Waals surface area contributed by atoms with E-state index in [-0.39, 0.29) is 11.8 Å². The van der Waals surface area contributed by atoms with Crippen molar-refractivity contribution in [2.24, 2.45) is 0 Å². The highest BCUT2D eigenvalue weighted by atomic mass is 79.9. The van der Waals surface area contributed by atoms with Gasteiger partial charge in [-0.05, 0) is 36.4 Å². The number of H-pyrrole nitrogens is 1. The number of benzene rings is 1. The number of carbonyl (C=O) groups is 2. The minimum atomic E-state index is -0.265. The van der Waals surface area contributed by atoms with E-state index in [4.69, 9.17) is 4.42 Å². The summed E-state index contributed by atoms with van der Waals surface area (Å²) in [6, 6.07) is 11.1. The molecule has 1 aromatic carbocycles. The van der Waals surface area contributed by atoms with Crippen molar-refractivity contribution in [2.75, 3.05) is 5.32 Å². The number of furan rings is 1. The molecule has 4 rings (SSSR count). The second-order valence-corrected chi connectivity index (χ2v) is 7.86. The summed E-state index contributed by atoms with van der Waals surface area (Å²) in [4.78, 5) is 31.0. The molecule has 0 unspecified atom stereocenters. The number of aromatic amines is 1. The lowest BCUT2D eigenvalue weighted by molar-refractivity contribution is -0.119. The Morgan fingerprint density at radius 3 is 2.93 bits per heavy atom. The van der Waals surface area contributed by atoms with Crippen molar-refractivity contribution in [3.8, 4) is 11.5 Å². The van der Waals surface area contributed by atoms with Crippen LogP contribution in [0.25, 0.3) is 22.4 Å². The van der Waals surface area contributed by atoms with Crippen molar-refractivity contribution in [1.82, 2.24) is 15.3 Å². The largest absolute Gasteiger partial charge is 0.458 e. The van der Waals surface area contributed by atoms with Gasteiger partial charge in [0.2, 0.25) is 5.91 Å². The van der Waals surface area contributed by atoms with E-state index in [1.807, 2.05) is 18.2 Å². The fraction of sp³-hybridized carbons (Fsp3) is 0.105. The first-order valence-electron chi connectivity index (χ1n) is 8.36. The molecule has 0 aliphatic carbocycles. The van der Waals surface area contributed by atoms with E-state index in [2.05, 4.69) is 36.5 Å². The van der Waals surface area contributed by atoms with Gasteiger partial charge in [-0.3, -0.25) is 14.9 Å². The molecule has 4 aromatic rings. The molecular formula is C19H15BrN4O3S. The van der Waals surface area contributed by atoms with Gasteiger partial charge in [-0.15, -0.1) is 11.3 Å². The molecule has 0 radical (unpaired) electrons. The average molecular weight is 459 g/mol. The average Bonchev–Trinajstić information content (AvgIpc) is 3.38. The SMILES string of the molecule is CC(=O)NCc1ccc(-c2csc(NC(=O)c3cc4cc(Br)ccc4[nH]3)n2)o1. The number of nitrogens with one attached hydrogen (secondary N) is 3. The molecule has 9 heteroatoms. The van der Waals surface area contributed by atoms with E-state index < -0.39 is 0 Å². The maximum absolute atomic E-state index is 12.5. The van der Waals surface area contributed by atoms with Gasteiger partial charge in [0, 0.05) is 27.7 Å². The lowest BCUT2D eigenvalue weighted by Gasteiger charge is -1.98. The number of rotatable bonds is 5. The number of hydrogen-bond acceptors (Lipinski definition) is 5. The summed E-state index contributed by atoms with van der Waals surface area (Å²) >= 11 is 4.73. The number of anilines is 1. The molecule has 0 atom stereocenters. The highest BCUT2D eigenvalue weighted by Gasteiger charge is 2.14. The van der Waals surface area contributed by atoms with Crippen molar-refractivity contribution >= 4 is 55.1 Å². The van der Waals surface area contributed by atoms with Crippen LogP contribution < -0.4 is 10.6 Å². The van der Waals surface area contributed by atoms with Crippen LogP contribution in [0.2, 0.25) is 0 Å². The van der Waals surface area contributed by atoms with E-state index in [9.17, 15) is 9.59 Å². The predicted octanol–water partition coefficient (Wildman–Crippen LogP) is 4.54. The van der Waals surface area contributed by atoms with Gasteiger partial charge >= 0.3 is 0 Å². The van der Waals surface area contributed by atoms with Crippen LogP contribution in [0.4, 0.5) is 5.13 Å². The Balaban J connectivity index is 1.46. The lowest BCUT2D eigenvalue weighted by Crippen LogP contribution is -2.18. The van der Waals surface area contributed by atoms with Gasteiger partial charge in [0.15, 0.2) is 10.9 Å². The van der Waals surface area contributed by atoms with Crippen LogP contribution in [-0.4, -0.2) is 21.8 Å². The van der Waals surface area contributed by atoms with Crippen LogP contribution in [0.1, 0.15) is 23.2 Å². The summed E-state index contributed by atoms with van der Waals surface area (Å²) in [5.74, 6) is 0.820. The van der Waals surface area contributed by atoms with E-state index in [0.717, 1.165) is 15.4 Å². The Kier molecular flexibility index (Phi) is 5.01. The number of nitrogens with zero attached hydrogens (tertiary/aromatic N) is 1. The third kappa shape index (κ3) is 4.00. The Morgan fingerprint density at radius 2 is 2.11 bits per heavy atom. The fourth-order valence-electron chi connectivity index (χ4n) is 2.66. The summed E-state index contributed by atoms with van der Waals surface area (Å²) < 4.78 is 6.63. The Bertz CT molecular complexity index is 1180. The Labute approximate surface area is 172 Å². The number of carbonyl (C=O) groups excluding carboxylic acids is 2. The molecule has 3 heterocycles. The van der Waals surface area contributed by atoms with Gasteiger partial charge in [0.25, 0.3) is 5.91 Å². The molecule has 142 valence electrons. The van der Waals surface area contributed by atoms with E-state index in [0.29, 0.717) is 34.6 Å². The topological polar surface area (TPSA) is 100 Å². The first-order valence-corrected chi connectivity index (χ1v) is 10.0. The number of halogens is 1. The molecule has 3 aromatic heterocycles. The molecule has 28 heavy (non-hydrogen) atoms. The number of fused-ring (bicyclic) bond motifs is 1. The maximum Gasteiger partial charge on any atom is 0.273 e. The fourth-order valence-corrected chi connectivity index (χ4v) is 3.73. The van der Waals surface area contributed by atoms with Crippen LogP contribution in [0.5, 0.6) is 0 Å². The van der Waals surface area contributed by atoms with Crippen molar-refractivity contribution in [1.29, 1.82) is 0 Å². The molecule has 0 bridgehead atoms. The van der Waals surface area contributed by atoms with Crippen molar-refractivity contribution in [3.63, 3.8) is 0 Å². The Morgan fingerprint density at radius 1 is 1.25 bits per heavy atom. The van der Waals surface area contributed by atoms with Crippen LogP contribution in [-0.2, 0) is 11.3 Å². The highest BCUT2D eigenvalue weighted by molar-refractivity contribution is 9.10. The second-order valence-electron chi connectivity index (χ2n) is 6.08. The zero-order valence-corrected chi connectivity index (χ0v) is 17.1. The smallest absolute Gasteiger partial charge is 0.273 e. The monoisotopic (exact) mass is 458 g/mol. The third-order valence-electron chi connectivity index (χ3n) is 3.98. The number of hydrogen-bond donors (Lipinski definition) is 3. The summed E-state index contributed by atoms with van der Waals surface area (Å²) in [6.45, 7) is 1.77. The van der Waals surface area contributed by atoms with Gasteiger partial charge < -0.3 is 14.7 Å². The minimum absolute atomic E-state index is 0.124. The highest BCUT2D eigenvalue weighted by Crippen LogP contribution is 2.27. The summed E-state index contributed by atoms with van der Waals surface area (Å²) in [7, 11) is 0. The molecule has 0 aliphatic rings.